The maximum absolute atomic E-state index is 11.8. The number of imide groups is 1. The number of urea groups is 1. The zero-order chi connectivity index (χ0) is 27.1. The van der Waals surface area contributed by atoms with E-state index in [2.05, 4.69) is 15.6 Å². The standard InChI is InChI=1S/C18H13N5O3.C10H11NO2/c24-17-16(21-18(25)22-17)14-7-13-11(9-26-14)1-3-12(20-13)10-2-4-15-19-5-6-23(15)8-10;1-11-6-7-3-4-8(13-2)5-9(7)10(11)12/h1-8,16H,9H2,(H2,21,22,24,25);3-5H,6H2,1-2H3. The molecule has 3 aromatic heterocycles. The van der Waals surface area contributed by atoms with E-state index in [1.54, 1.807) is 37.4 Å². The largest absolute Gasteiger partial charge is 0.497 e. The molecule has 0 spiro atoms. The van der Waals surface area contributed by atoms with Gasteiger partial charge in [-0.25, -0.2) is 14.8 Å². The summed E-state index contributed by atoms with van der Waals surface area (Å²) in [5.74, 6) is 0.776. The van der Waals surface area contributed by atoms with Gasteiger partial charge in [0.05, 0.1) is 18.5 Å². The van der Waals surface area contributed by atoms with E-state index >= 15 is 0 Å². The molecule has 7 rings (SSSR count). The van der Waals surface area contributed by atoms with Crippen molar-refractivity contribution >= 4 is 29.6 Å². The van der Waals surface area contributed by atoms with E-state index in [9.17, 15) is 14.4 Å². The van der Waals surface area contributed by atoms with Gasteiger partial charge in [0.2, 0.25) is 0 Å². The predicted molar refractivity (Wildman–Crippen MR) is 140 cm³/mol. The lowest BCUT2D eigenvalue weighted by molar-refractivity contribution is -0.120. The number of carbonyl (C=O) groups is 3. The fourth-order valence-electron chi connectivity index (χ4n) is 4.66. The van der Waals surface area contributed by atoms with Crippen molar-refractivity contribution in [3.63, 3.8) is 0 Å². The number of nitrogens with one attached hydrogen (secondary N) is 2. The van der Waals surface area contributed by atoms with Crippen LogP contribution in [-0.4, -0.2) is 57.3 Å². The molecule has 4 aromatic rings. The molecule has 1 saturated heterocycles. The van der Waals surface area contributed by atoms with Crippen LogP contribution in [0.1, 0.15) is 27.2 Å². The van der Waals surface area contributed by atoms with Crippen LogP contribution in [0.4, 0.5) is 4.79 Å². The lowest BCUT2D eigenvalue weighted by Gasteiger charge is -2.20. The smallest absolute Gasteiger partial charge is 0.322 e. The van der Waals surface area contributed by atoms with Crippen molar-refractivity contribution in [1.29, 1.82) is 0 Å². The van der Waals surface area contributed by atoms with Crippen molar-refractivity contribution in [1.82, 2.24) is 29.9 Å². The molecule has 11 nitrogen and oxygen atoms in total. The molecule has 3 aliphatic heterocycles. The second-order valence-corrected chi connectivity index (χ2v) is 9.27. The highest BCUT2D eigenvalue weighted by molar-refractivity contribution is 6.06. The van der Waals surface area contributed by atoms with Crippen molar-refractivity contribution in [3.8, 4) is 17.0 Å². The number of hydrogen-bond donors (Lipinski definition) is 2. The van der Waals surface area contributed by atoms with Gasteiger partial charge in [-0.2, -0.15) is 0 Å². The van der Waals surface area contributed by atoms with Gasteiger partial charge in [0.1, 0.15) is 23.8 Å². The first-order valence-corrected chi connectivity index (χ1v) is 12.2. The molecular formula is C28H24N6O5. The Kier molecular flexibility index (Phi) is 5.95. The van der Waals surface area contributed by atoms with Crippen LogP contribution < -0.4 is 15.4 Å². The van der Waals surface area contributed by atoms with Crippen molar-refractivity contribution < 1.29 is 23.9 Å². The van der Waals surface area contributed by atoms with Gasteiger partial charge in [-0.05, 0) is 35.9 Å². The van der Waals surface area contributed by atoms with Gasteiger partial charge in [-0.3, -0.25) is 14.9 Å². The number of aromatic nitrogens is 3. The summed E-state index contributed by atoms with van der Waals surface area (Å²) in [5, 5.41) is 4.74. The third-order valence-electron chi connectivity index (χ3n) is 6.73. The summed E-state index contributed by atoms with van der Waals surface area (Å²) in [6.45, 7) is 1.01. The first-order chi connectivity index (χ1) is 18.9. The molecule has 1 unspecified atom stereocenters. The monoisotopic (exact) mass is 524 g/mol. The molecule has 0 aliphatic carbocycles. The SMILES string of the molecule is COc1ccc2c(c1)C(=O)N(C)C2.O=C1NC(=O)C(C2=Cc3nc(-c4ccc5nccn5c4)ccc3CO2)N1. The average molecular weight is 525 g/mol. The van der Waals surface area contributed by atoms with Gasteiger partial charge >= 0.3 is 6.03 Å². The molecule has 1 aromatic carbocycles. The van der Waals surface area contributed by atoms with E-state index in [1.165, 1.54) is 0 Å². The Morgan fingerprint density at radius 3 is 2.72 bits per heavy atom. The Balaban J connectivity index is 0.000000179. The molecule has 2 N–H and O–H groups in total. The summed E-state index contributed by atoms with van der Waals surface area (Å²) >= 11 is 0. The van der Waals surface area contributed by atoms with Gasteiger partial charge in [0.15, 0.2) is 6.04 Å². The maximum Gasteiger partial charge on any atom is 0.322 e. The lowest BCUT2D eigenvalue weighted by atomic mass is 10.1. The Hall–Kier alpha value is -5.19. The number of nitrogens with zero attached hydrogens (tertiary/aromatic N) is 4. The summed E-state index contributed by atoms with van der Waals surface area (Å²) in [6, 6.07) is 12.1. The molecule has 0 saturated carbocycles. The first kappa shape index (κ1) is 24.2. The van der Waals surface area contributed by atoms with Crippen molar-refractivity contribution in [2.24, 2.45) is 0 Å². The number of methoxy groups -OCH3 is 1. The lowest BCUT2D eigenvalue weighted by Crippen LogP contribution is -2.33. The summed E-state index contributed by atoms with van der Waals surface area (Å²) in [4.78, 5) is 45.3. The fraction of sp³-hybridized carbons (Fsp3) is 0.179. The highest BCUT2D eigenvalue weighted by Gasteiger charge is 2.35. The second kappa shape index (κ2) is 9.60. The van der Waals surface area contributed by atoms with Gasteiger partial charge in [-0.1, -0.05) is 12.1 Å². The van der Waals surface area contributed by atoms with Crippen LogP contribution in [0.25, 0.3) is 23.0 Å². The van der Waals surface area contributed by atoms with Crippen LogP contribution >= 0.6 is 0 Å². The van der Waals surface area contributed by atoms with Crippen molar-refractivity contribution in [2.75, 3.05) is 14.2 Å². The summed E-state index contributed by atoms with van der Waals surface area (Å²) < 4.78 is 12.6. The summed E-state index contributed by atoms with van der Waals surface area (Å²) in [6.07, 6.45) is 7.29. The fourth-order valence-corrected chi connectivity index (χ4v) is 4.66. The number of carbonyl (C=O) groups excluding carboxylic acids is 3. The van der Waals surface area contributed by atoms with E-state index < -0.39 is 18.0 Å². The molecule has 1 atom stereocenters. The molecule has 0 radical (unpaired) electrons. The van der Waals surface area contributed by atoms with Gasteiger partial charge < -0.3 is 24.1 Å². The normalized spacial score (nSPS) is 17.4. The minimum atomic E-state index is -0.816. The molecule has 3 aliphatic rings. The minimum Gasteiger partial charge on any atom is -0.497 e. The number of imidazole rings is 1. The number of ether oxygens (including phenoxy) is 2. The molecule has 4 amide bonds. The quantitative estimate of drug-likeness (QED) is 0.395. The Morgan fingerprint density at radius 1 is 1.08 bits per heavy atom. The second-order valence-electron chi connectivity index (χ2n) is 9.27. The summed E-state index contributed by atoms with van der Waals surface area (Å²) in [5.41, 5.74) is 6.11. The molecule has 196 valence electrons. The Labute approximate surface area is 223 Å². The van der Waals surface area contributed by atoms with E-state index in [0.29, 0.717) is 18.9 Å². The molecule has 39 heavy (non-hydrogen) atoms. The van der Waals surface area contributed by atoms with Crippen LogP contribution in [0, 0.1) is 0 Å². The van der Waals surface area contributed by atoms with E-state index in [-0.39, 0.29) is 5.91 Å². The number of fused-ring (bicyclic) bond motifs is 3. The Morgan fingerprint density at radius 2 is 1.92 bits per heavy atom. The number of hydrogen-bond acceptors (Lipinski definition) is 7. The average Bonchev–Trinajstić information content (AvgIpc) is 3.64. The van der Waals surface area contributed by atoms with Gasteiger partial charge in [0.25, 0.3) is 11.8 Å². The van der Waals surface area contributed by atoms with Gasteiger partial charge in [0, 0.05) is 54.9 Å². The third-order valence-corrected chi connectivity index (χ3v) is 6.73. The minimum absolute atomic E-state index is 0.0777. The third kappa shape index (κ3) is 4.54. The number of pyridine rings is 2. The molecule has 1 fully saturated rings. The van der Waals surface area contributed by atoms with Crippen LogP contribution in [0.5, 0.6) is 5.75 Å². The van der Waals surface area contributed by atoms with Crippen LogP contribution in [0.15, 0.2) is 66.8 Å². The van der Waals surface area contributed by atoms with Crippen molar-refractivity contribution in [3.05, 3.63) is 89.2 Å². The van der Waals surface area contributed by atoms with E-state index in [1.807, 2.05) is 53.2 Å². The number of rotatable bonds is 3. The van der Waals surface area contributed by atoms with E-state index in [4.69, 9.17) is 14.5 Å². The maximum atomic E-state index is 11.8. The molecule has 0 bridgehead atoms. The van der Waals surface area contributed by atoms with E-state index in [0.717, 1.165) is 45.0 Å². The van der Waals surface area contributed by atoms with Gasteiger partial charge in [-0.15, -0.1) is 0 Å². The summed E-state index contributed by atoms with van der Waals surface area (Å²) in [7, 11) is 3.40. The molecule has 11 heteroatoms. The number of benzene rings is 1. The van der Waals surface area contributed by atoms with Crippen LogP contribution in [0.2, 0.25) is 0 Å². The molecular weight excluding hydrogens is 500 g/mol. The zero-order valence-electron chi connectivity index (χ0n) is 21.2. The highest BCUT2D eigenvalue weighted by Crippen LogP contribution is 2.27. The first-order valence-electron chi connectivity index (χ1n) is 12.2. The van der Waals surface area contributed by atoms with Crippen molar-refractivity contribution in [2.45, 2.75) is 19.2 Å². The Bertz CT molecular complexity index is 1680. The van der Waals surface area contributed by atoms with Crippen LogP contribution in [0.3, 0.4) is 0 Å². The highest BCUT2D eigenvalue weighted by atomic mass is 16.5. The van der Waals surface area contributed by atoms with Crippen LogP contribution in [-0.2, 0) is 22.7 Å². The topological polar surface area (TPSA) is 127 Å². The zero-order valence-corrected chi connectivity index (χ0v) is 21.2. The predicted octanol–water partition coefficient (Wildman–Crippen LogP) is 2.76. The molecule has 6 heterocycles. The number of amides is 4.